The van der Waals surface area contributed by atoms with Crippen LogP contribution in [0.2, 0.25) is 0 Å². The van der Waals surface area contributed by atoms with Crippen molar-refractivity contribution in [2.24, 2.45) is 5.92 Å². The largest absolute Gasteiger partial charge is 0.306 e. The number of hydrogen-bond donors (Lipinski definition) is 0. The van der Waals surface area contributed by atoms with Crippen LogP contribution in [0, 0.1) is 5.92 Å². The molecule has 1 saturated heterocycles. The van der Waals surface area contributed by atoms with Crippen molar-refractivity contribution in [1.29, 1.82) is 0 Å². The fourth-order valence-electron chi connectivity index (χ4n) is 3.39. The standard InChI is InChI=1S/C19H23N/c1-20-13-12-16(15-20)14-19(17-8-4-2-5-9-17)18-10-6-3-7-11-18/h2-11,16,19H,12-15H2,1H3/t16-/m0/s1. The molecule has 0 bridgehead atoms. The van der Waals surface area contributed by atoms with E-state index in [1.807, 2.05) is 0 Å². The number of nitrogens with zero attached hydrogens (tertiary/aromatic N) is 1. The van der Waals surface area contributed by atoms with Gasteiger partial charge in [-0.05, 0) is 43.5 Å². The van der Waals surface area contributed by atoms with Crippen LogP contribution in [0.15, 0.2) is 60.7 Å². The Morgan fingerprint density at radius 1 is 0.950 bits per heavy atom. The van der Waals surface area contributed by atoms with Gasteiger partial charge in [0.2, 0.25) is 0 Å². The minimum atomic E-state index is 0.536. The second-order valence-corrected chi connectivity index (χ2v) is 6.03. The molecule has 1 aliphatic rings. The molecule has 0 saturated carbocycles. The first kappa shape index (κ1) is 13.4. The molecule has 0 aromatic heterocycles. The molecule has 0 radical (unpaired) electrons. The number of benzene rings is 2. The van der Waals surface area contributed by atoms with Crippen molar-refractivity contribution >= 4 is 0 Å². The van der Waals surface area contributed by atoms with Crippen molar-refractivity contribution in [2.75, 3.05) is 20.1 Å². The van der Waals surface area contributed by atoms with Gasteiger partial charge in [-0.3, -0.25) is 0 Å². The van der Waals surface area contributed by atoms with E-state index in [4.69, 9.17) is 0 Å². The lowest BCUT2D eigenvalue weighted by atomic mass is 9.83. The number of rotatable bonds is 4. The highest BCUT2D eigenvalue weighted by molar-refractivity contribution is 5.32. The Balaban J connectivity index is 1.84. The fraction of sp³-hybridized carbons (Fsp3) is 0.368. The third kappa shape index (κ3) is 3.10. The van der Waals surface area contributed by atoms with E-state index in [-0.39, 0.29) is 0 Å². The SMILES string of the molecule is CN1CC[C@@H](CC(c2ccccc2)c2ccccc2)C1. The average Bonchev–Trinajstić information content (AvgIpc) is 2.92. The van der Waals surface area contributed by atoms with Crippen LogP contribution in [0.1, 0.15) is 29.9 Å². The van der Waals surface area contributed by atoms with Gasteiger partial charge in [0.15, 0.2) is 0 Å². The van der Waals surface area contributed by atoms with E-state index in [1.165, 1.54) is 37.1 Å². The van der Waals surface area contributed by atoms with Gasteiger partial charge in [-0.15, -0.1) is 0 Å². The first-order chi connectivity index (χ1) is 9.83. The molecule has 1 atom stereocenters. The summed E-state index contributed by atoms with van der Waals surface area (Å²) in [6.07, 6.45) is 2.60. The van der Waals surface area contributed by atoms with Crippen LogP contribution in [0.25, 0.3) is 0 Å². The zero-order valence-electron chi connectivity index (χ0n) is 12.2. The summed E-state index contributed by atoms with van der Waals surface area (Å²) in [5.41, 5.74) is 2.90. The number of likely N-dealkylation sites (tertiary alicyclic amines) is 1. The molecule has 0 amide bonds. The van der Waals surface area contributed by atoms with E-state index in [2.05, 4.69) is 72.6 Å². The van der Waals surface area contributed by atoms with Gasteiger partial charge in [-0.1, -0.05) is 60.7 Å². The highest BCUT2D eigenvalue weighted by Crippen LogP contribution is 2.33. The maximum absolute atomic E-state index is 2.46. The quantitative estimate of drug-likeness (QED) is 0.802. The number of hydrogen-bond acceptors (Lipinski definition) is 1. The molecule has 0 unspecified atom stereocenters. The van der Waals surface area contributed by atoms with Gasteiger partial charge >= 0.3 is 0 Å². The summed E-state index contributed by atoms with van der Waals surface area (Å²) in [7, 11) is 2.24. The summed E-state index contributed by atoms with van der Waals surface area (Å²) in [6, 6.07) is 21.9. The molecule has 1 fully saturated rings. The van der Waals surface area contributed by atoms with E-state index in [1.54, 1.807) is 0 Å². The molecule has 1 aliphatic heterocycles. The molecule has 0 N–H and O–H groups in total. The Morgan fingerprint density at radius 3 is 1.95 bits per heavy atom. The first-order valence-electron chi connectivity index (χ1n) is 7.61. The van der Waals surface area contributed by atoms with Crippen LogP contribution in [-0.2, 0) is 0 Å². The van der Waals surface area contributed by atoms with Crippen molar-refractivity contribution in [1.82, 2.24) is 4.90 Å². The highest BCUT2D eigenvalue weighted by Gasteiger charge is 2.24. The molecule has 0 spiro atoms. The topological polar surface area (TPSA) is 3.24 Å². The Morgan fingerprint density at radius 2 is 1.50 bits per heavy atom. The maximum atomic E-state index is 2.46. The van der Waals surface area contributed by atoms with Crippen LogP contribution >= 0.6 is 0 Å². The Hall–Kier alpha value is -1.60. The predicted octanol–water partition coefficient (Wildman–Crippen LogP) is 4.16. The summed E-state index contributed by atoms with van der Waals surface area (Å²) in [5, 5.41) is 0. The van der Waals surface area contributed by atoms with Crippen LogP contribution in [-0.4, -0.2) is 25.0 Å². The van der Waals surface area contributed by atoms with Gasteiger partial charge in [0.1, 0.15) is 0 Å². The van der Waals surface area contributed by atoms with Crippen LogP contribution in [0.4, 0.5) is 0 Å². The third-order valence-electron chi connectivity index (χ3n) is 4.46. The average molecular weight is 265 g/mol. The Kier molecular flexibility index (Phi) is 4.17. The van der Waals surface area contributed by atoms with E-state index >= 15 is 0 Å². The lowest BCUT2D eigenvalue weighted by Gasteiger charge is -2.22. The molecule has 20 heavy (non-hydrogen) atoms. The first-order valence-corrected chi connectivity index (χ1v) is 7.61. The Labute approximate surface area is 122 Å². The lowest BCUT2D eigenvalue weighted by molar-refractivity contribution is 0.382. The van der Waals surface area contributed by atoms with Gasteiger partial charge in [-0.25, -0.2) is 0 Å². The normalized spacial score (nSPS) is 19.6. The molecule has 2 aromatic rings. The van der Waals surface area contributed by atoms with Crippen LogP contribution in [0.3, 0.4) is 0 Å². The van der Waals surface area contributed by atoms with Crippen LogP contribution < -0.4 is 0 Å². The molecular formula is C19H23N. The van der Waals surface area contributed by atoms with Crippen molar-refractivity contribution in [3.63, 3.8) is 0 Å². The predicted molar refractivity (Wildman–Crippen MR) is 84.9 cm³/mol. The van der Waals surface area contributed by atoms with Crippen molar-refractivity contribution in [2.45, 2.75) is 18.8 Å². The summed E-state index contributed by atoms with van der Waals surface area (Å²) in [6.45, 7) is 2.50. The van der Waals surface area contributed by atoms with Crippen molar-refractivity contribution in [3.8, 4) is 0 Å². The second kappa shape index (κ2) is 6.23. The van der Waals surface area contributed by atoms with E-state index in [0.29, 0.717) is 5.92 Å². The summed E-state index contributed by atoms with van der Waals surface area (Å²) in [5.74, 6) is 1.36. The van der Waals surface area contributed by atoms with E-state index < -0.39 is 0 Å². The second-order valence-electron chi connectivity index (χ2n) is 6.03. The smallest absolute Gasteiger partial charge is 0.00924 e. The molecule has 3 rings (SSSR count). The highest BCUT2D eigenvalue weighted by atomic mass is 15.1. The van der Waals surface area contributed by atoms with Gasteiger partial charge < -0.3 is 4.90 Å². The summed E-state index contributed by atoms with van der Waals surface area (Å²) in [4.78, 5) is 2.46. The Bertz CT molecular complexity index is 480. The van der Waals surface area contributed by atoms with Gasteiger partial charge in [0.05, 0.1) is 0 Å². The molecule has 2 aromatic carbocycles. The van der Waals surface area contributed by atoms with Crippen molar-refractivity contribution < 1.29 is 0 Å². The lowest BCUT2D eigenvalue weighted by Crippen LogP contribution is -2.15. The van der Waals surface area contributed by atoms with Gasteiger partial charge in [0, 0.05) is 12.5 Å². The maximum Gasteiger partial charge on any atom is 0.00924 e. The molecule has 1 heteroatoms. The fourth-order valence-corrected chi connectivity index (χ4v) is 3.39. The summed E-state index contributed by atoms with van der Waals surface area (Å²) >= 11 is 0. The van der Waals surface area contributed by atoms with Crippen molar-refractivity contribution in [3.05, 3.63) is 71.8 Å². The zero-order valence-corrected chi connectivity index (χ0v) is 12.2. The minimum Gasteiger partial charge on any atom is -0.306 e. The molecule has 1 heterocycles. The third-order valence-corrected chi connectivity index (χ3v) is 4.46. The minimum absolute atomic E-state index is 0.536. The monoisotopic (exact) mass is 265 g/mol. The van der Waals surface area contributed by atoms with Crippen LogP contribution in [0.5, 0.6) is 0 Å². The van der Waals surface area contributed by atoms with E-state index in [9.17, 15) is 0 Å². The molecule has 1 nitrogen and oxygen atoms in total. The molecule has 0 aliphatic carbocycles. The van der Waals surface area contributed by atoms with Gasteiger partial charge in [-0.2, -0.15) is 0 Å². The zero-order chi connectivity index (χ0) is 13.8. The van der Waals surface area contributed by atoms with Gasteiger partial charge in [0.25, 0.3) is 0 Å². The van der Waals surface area contributed by atoms with E-state index in [0.717, 1.165) is 5.92 Å². The summed E-state index contributed by atoms with van der Waals surface area (Å²) < 4.78 is 0. The molecular weight excluding hydrogens is 242 g/mol. The molecule has 104 valence electrons.